The van der Waals surface area contributed by atoms with E-state index in [1.807, 2.05) is 24.3 Å². The molecular weight excluding hydrogens is 448 g/mol. The number of nitrogens with zero attached hydrogens (tertiary/aromatic N) is 2. The minimum atomic E-state index is -0.0755. The second kappa shape index (κ2) is 12.0. The molecule has 0 unspecified atom stereocenters. The molecule has 36 heavy (non-hydrogen) atoms. The Balaban J connectivity index is 1.87. The first kappa shape index (κ1) is 27.9. The van der Waals surface area contributed by atoms with E-state index < -0.39 is 0 Å². The van der Waals surface area contributed by atoms with Gasteiger partial charge in [-0.3, -0.25) is 9.59 Å². The van der Waals surface area contributed by atoms with Crippen LogP contribution in [0.3, 0.4) is 0 Å². The predicted octanol–water partition coefficient (Wildman–Crippen LogP) is 5.04. The number of ketones is 2. The monoisotopic (exact) mass is 494 g/mol. The van der Waals surface area contributed by atoms with Crippen LogP contribution < -0.4 is 10.6 Å². The summed E-state index contributed by atoms with van der Waals surface area (Å²) in [5, 5.41) is 7.01. The number of carbonyl (C=O) groups excluding carboxylic acids is 2. The Morgan fingerprint density at radius 3 is 1.25 bits per heavy atom. The predicted molar refractivity (Wildman–Crippen MR) is 150 cm³/mol. The molecular formula is C30H46N4O2+2. The minimum Gasteiger partial charge on any atom is -0.379 e. The maximum atomic E-state index is 13.9. The molecule has 0 bridgehead atoms. The summed E-state index contributed by atoms with van der Waals surface area (Å²) in [7, 11) is 0. The van der Waals surface area contributed by atoms with Gasteiger partial charge in [-0.15, -0.1) is 0 Å². The first-order valence-electron chi connectivity index (χ1n) is 13.9. The van der Waals surface area contributed by atoms with E-state index in [-0.39, 0.29) is 11.6 Å². The van der Waals surface area contributed by atoms with Gasteiger partial charge in [0.05, 0.1) is 76.6 Å². The van der Waals surface area contributed by atoms with Crippen LogP contribution in [-0.4, -0.2) is 86.0 Å². The number of carbonyl (C=O) groups is 2. The van der Waals surface area contributed by atoms with Gasteiger partial charge in [0.2, 0.25) is 0 Å². The summed E-state index contributed by atoms with van der Waals surface area (Å²) in [6.07, 6.45) is 0. The van der Waals surface area contributed by atoms with Crippen LogP contribution in [0, 0.1) is 0 Å². The molecule has 0 aromatic heterocycles. The highest BCUT2D eigenvalue weighted by Gasteiger charge is 2.34. The van der Waals surface area contributed by atoms with Gasteiger partial charge in [0.15, 0.2) is 11.6 Å². The lowest BCUT2D eigenvalue weighted by molar-refractivity contribution is -0.921. The quantitative estimate of drug-likeness (QED) is 0.308. The molecule has 0 spiro atoms. The number of benzene rings is 2. The molecule has 0 saturated heterocycles. The summed E-state index contributed by atoms with van der Waals surface area (Å²) >= 11 is 0. The first-order valence-corrected chi connectivity index (χ1v) is 13.9. The van der Waals surface area contributed by atoms with Crippen molar-refractivity contribution in [2.24, 2.45) is 0 Å². The van der Waals surface area contributed by atoms with Crippen LogP contribution in [0.1, 0.15) is 73.4 Å². The standard InChI is InChI=1S/C30H45N4O2/c1-7-33(8-2,9-3)21-19-31-25-17-13-15-23-27(25)30(36)28-24(29(23)35)16-14-18-26(28)32-20-22-34(10-4,11-5)12-6/h13-18H,7-12,19-22H2,1-6H3,(H-,31,32,36)/q+1/p+1. The molecule has 1 aliphatic carbocycles. The van der Waals surface area contributed by atoms with E-state index in [0.29, 0.717) is 22.3 Å². The van der Waals surface area contributed by atoms with Gasteiger partial charge in [0.1, 0.15) is 0 Å². The van der Waals surface area contributed by atoms with Crippen molar-refractivity contribution in [3.63, 3.8) is 0 Å². The maximum Gasteiger partial charge on any atom is 0.198 e. The van der Waals surface area contributed by atoms with Gasteiger partial charge in [-0.1, -0.05) is 24.3 Å². The van der Waals surface area contributed by atoms with Gasteiger partial charge in [-0.25, -0.2) is 0 Å². The maximum absolute atomic E-state index is 13.9. The summed E-state index contributed by atoms with van der Waals surface area (Å²) in [5.41, 5.74) is 3.52. The molecule has 0 radical (unpaired) electrons. The zero-order valence-corrected chi connectivity index (χ0v) is 23.2. The molecule has 0 heterocycles. The smallest absolute Gasteiger partial charge is 0.198 e. The van der Waals surface area contributed by atoms with Gasteiger partial charge in [0.25, 0.3) is 0 Å². The zero-order valence-electron chi connectivity index (χ0n) is 23.2. The Morgan fingerprint density at radius 2 is 0.917 bits per heavy atom. The highest BCUT2D eigenvalue weighted by molar-refractivity contribution is 6.31. The fraction of sp³-hybridized carbons (Fsp3) is 0.533. The van der Waals surface area contributed by atoms with Crippen molar-refractivity contribution in [1.29, 1.82) is 0 Å². The van der Waals surface area contributed by atoms with Gasteiger partial charge in [-0.05, 0) is 53.7 Å². The summed E-state index contributed by atoms with van der Waals surface area (Å²) in [6.45, 7) is 23.3. The Hall–Kier alpha value is -2.70. The average molecular weight is 495 g/mol. The minimum absolute atomic E-state index is 0.0738. The Morgan fingerprint density at radius 1 is 0.556 bits per heavy atom. The van der Waals surface area contributed by atoms with E-state index in [2.05, 4.69) is 52.2 Å². The average Bonchev–Trinajstić information content (AvgIpc) is 2.92. The second-order valence-electron chi connectivity index (χ2n) is 10.00. The number of rotatable bonds is 14. The molecule has 0 atom stereocenters. The largest absolute Gasteiger partial charge is 0.379 e. The van der Waals surface area contributed by atoms with E-state index in [0.717, 1.165) is 85.8 Å². The third-order valence-corrected chi connectivity index (χ3v) is 8.90. The van der Waals surface area contributed by atoms with Gasteiger partial charge in [0, 0.05) is 22.5 Å². The Kier molecular flexibility index (Phi) is 9.31. The van der Waals surface area contributed by atoms with Gasteiger partial charge >= 0.3 is 0 Å². The third-order valence-electron chi connectivity index (χ3n) is 8.90. The normalized spacial score (nSPS) is 13.4. The summed E-state index contributed by atoms with van der Waals surface area (Å²) in [4.78, 5) is 27.4. The van der Waals surface area contributed by atoms with Crippen molar-refractivity contribution in [3.8, 4) is 0 Å². The van der Waals surface area contributed by atoms with Crippen molar-refractivity contribution < 1.29 is 18.6 Å². The molecule has 196 valence electrons. The molecule has 6 heteroatoms. The van der Waals surface area contributed by atoms with Crippen molar-refractivity contribution in [2.45, 2.75) is 41.5 Å². The summed E-state index contributed by atoms with van der Waals surface area (Å²) < 4.78 is 2.05. The first-order chi connectivity index (χ1) is 17.3. The van der Waals surface area contributed by atoms with Crippen molar-refractivity contribution in [1.82, 2.24) is 0 Å². The van der Waals surface area contributed by atoms with Crippen molar-refractivity contribution >= 4 is 22.9 Å². The molecule has 0 fully saturated rings. The van der Waals surface area contributed by atoms with Gasteiger partial charge < -0.3 is 19.6 Å². The molecule has 1 aliphatic rings. The topological polar surface area (TPSA) is 58.2 Å². The molecule has 6 nitrogen and oxygen atoms in total. The van der Waals surface area contributed by atoms with Crippen LogP contribution in [0.2, 0.25) is 0 Å². The number of quaternary nitrogens is 2. The molecule has 2 N–H and O–H groups in total. The highest BCUT2D eigenvalue weighted by atomic mass is 16.1. The van der Waals surface area contributed by atoms with Crippen molar-refractivity contribution in [2.75, 3.05) is 76.1 Å². The number of hydrogen-bond donors (Lipinski definition) is 2. The van der Waals surface area contributed by atoms with E-state index >= 15 is 0 Å². The molecule has 2 aromatic carbocycles. The van der Waals surface area contributed by atoms with Crippen LogP contribution >= 0.6 is 0 Å². The summed E-state index contributed by atoms with van der Waals surface area (Å²) in [5.74, 6) is -0.149. The lowest BCUT2D eigenvalue weighted by Gasteiger charge is -2.36. The fourth-order valence-electron chi connectivity index (χ4n) is 5.68. The van der Waals surface area contributed by atoms with E-state index in [9.17, 15) is 9.59 Å². The molecule has 0 amide bonds. The molecule has 0 saturated carbocycles. The lowest BCUT2D eigenvalue weighted by Crippen LogP contribution is -2.50. The number of nitrogens with one attached hydrogen (secondary N) is 2. The number of fused-ring (bicyclic) bond motifs is 2. The van der Waals surface area contributed by atoms with Crippen LogP contribution in [0.15, 0.2) is 36.4 Å². The highest BCUT2D eigenvalue weighted by Crippen LogP contribution is 2.35. The molecule has 0 aliphatic heterocycles. The number of anilines is 2. The van der Waals surface area contributed by atoms with Crippen molar-refractivity contribution in [3.05, 3.63) is 58.7 Å². The van der Waals surface area contributed by atoms with E-state index in [1.165, 1.54) is 0 Å². The molecule has 2 aromatic rings. The third kappa shape index (κ3) is 5.35. The summed E-state index contributed by atoms with van der Waals surface area (Å²) in [6, 6.07) is 11.2. The lowest BCUT2D eigenvalue weighted by atomic mass is 9.82. The number of hydrogen-bond acceptors (Lipinski definition) is 4. The van der Waals surface area contributed by atoms with E-state index in [4.69, 9.17) is 0 Å². The number of likely N-dealkylation sites (N-methyl/N-ethyl adjacent to an activating group) is 2. The zero-order chi connectivity index (χ0) is 26.3. The van der Waals surface area contributed by atoms with Crippen LogP contribution in [0.4, 0.5) is 11.4 Å². The van der Waals surface area contributed by atoms with Gasteiger partial charge in [-0.2, -0.15) is 0 Å². The van der Waals surface area contributed by atoms with Crippen LogP contribution in [-0.2, 0) is 0 Å². The fourth-order valence-corrected chi connectivity index (χ4v) is 5.68. The molecule has 3 rings (SSSR count). The Labute approximate surface area is 217 Å². The Bertz CT molecular complexity index is 973. The second-order valence-corrected chi connectivity index (χ2v) is 10.00. The van der Waals surface area contributed by atoms with E-state index in [1.54, 1.807) is 12.1 Å². The van der Waals surface area contributed by atoms with Crippen LogP contribution in [0.25, 0.3) is 0 Å². The van der Waals surface area contributed by atoms with Crippen LogP contribution in [0.5, 0.6) is 0 Å². The SMILES string of the molecule is CC[N+](CC)(CC)CCNc1cccc2c1C(=O)c1c(NCC[N+](CC)(CC)CC)cccc1C2=O.